The maximum absolute atomic E-state index is 13.4. The number of nitrogens with zero attached hydrogens (tertiary/aromatic N) is 2. The minimum Gasteiger partial charge on any atom is -0.343 e. The first-order chi connectivity index (χ1) is 14.3. The van der Waals surface area contributed by atoms with E-state index in [1.54, 1.807) is 0 Å². The molecule has 2 heterocycles. The second kappa shape index (κ2) is 6.69. The van der Waals surface area contributed by atoms with Crippen molar-refractivity contribution in [3.63, 3.8) is 0 Å². The average Bonchev–Trinajstić information content (AvgIpc) is 3.02. The number of carbonyl (C=O) groups is 1. The predicted octanol–water partition coefficient (Wildman–Crippen LogP) is 5.69. The van der Waals surface area contributed by atoms with Crippen LogP contribution in [0.3, 0.4) is 0 Å². The van der Waals surface area contributed by atoms with E-state index in [0.717, 1.165) is 46.0 Å². The van der Waals surface area contributed by atoms with Crippen LogP contribution < -0.4 is 5.32 Å². The molecule has 1 aliphatic heterocycles. The number of aromatic nitrogens is 2. The van der Waals surface area contributed by atoms with E-state index in [1.165, 1.54) is 5.56 Å². The van der Waals surface area contributed by atoms with Crippen LogP contribution in [0.2, 0.25) is 0 Å². The molecule has 4 nitrogen and oxygen atoms in total. The molecule has 1 aliphatic carbocycles. The van der Waals surface area contributed by atoms with Crippen LogP contribution >= 0.6 is 0 Å². The largest absolute Gasteiger partial charge is 0.343 e. The maximum atomic E-state index is 13.4. The lowest BCUT2D eigenvalue weighted by Crippen LogP contribution is -2.34. The summed E-state index contributed by atoms with van der Waals surface area (Å²) >= 11 is 0. The fourth-order valence-electron chi connectivity index (χ4n) is 5.01. The molecule has 1 aromatic heterocycles. The zero-order valence-corrected chi connectivity index (χ0v) is 18.0. The highest BCUT2D eigenvalue weighted by atomic mass is 16.1. The molecular formula is C26H27N3O. The number of fused-ring (bicyclic) bond motifs is 1. The highest BCUT2D eigenvalue weighted by molar-refractivity contribution is 6.01. The van der Waals surface area contributed by atoms with Crippen LogP contribution in [0.5, 0.6) is 0 Å². The molecule has 0 saturated heterocycles. The number of aryl methyl sites for hydroxylation is 2. The summed E-state index contributed by atoms with van der Waals surface area (Å²) in [5.74, 6) is 1.14. The molecule has 3 aromatic rings. The van der Waals surface area contributed by atoms with Gasteiger partial charge in [-0.2, -0.15) is 5.10 Å². The number of para-hydroxylation sites is 1. The molecule has 152 valence electrons. The zero-order chi connectivity index (χ0) is 21.0. The lowest BCUT2D eigenvalue weighted by molar-refractivity contribution is -0.118. The Labute approximate surface area is 177 Å². The molecule has 1 unspecified atom stereocenters. The van der Waals surface area contributed by atoms with Crippen molar-refractivity contribution in [3.05, 3.63) is 88.3 Å². The summed E-state index contributed by atoms with van der Waals surface area (Å²) < 4.78 is 1.99. The summed E-state index contributed by atoms with van der Waals surface area (Å²) in [6.45, 7) is 8.50. The van der Waals surface area contributed by atoms with Crippen molar-refractivity contribution in [2.24, 2.45) is 5.41 Å². The van der Waals surface area contributed by atoms with Crippen LogP contribution in [-0.2, 0) is 4.79 Å². The summed E-state index contributed by atoms with van der Waals surface area (Å²) in [7, 11) is 0. The van der Waals surface area contributed by atoms with Gasteiger partial charge in [-0.1, -0.05) is 61.9 Å². The average molecular weight is 398 g/mol. The highest BCUT2D eigenvalue weighted by Crippen LogP contribution is 2.50. The standard InChI is InChI=1S/C26H27N3O/c1-16-9-8-10-18(13-16)23-22-17(2)28-29(19-11-6-5-7-12-19)25(22)27-20-14-26(3,4)15-21(30)24(20)23/h5-13,23,27H,14-15H2,1-4H3. The molecule has 2 aliphatic rings. The molecule has 2 aromatic carbocycles. The van der Waals surface area contributed by atoms with E-state index in [-0.39, 0.29) is 17.1 Å². The Bertz CT molecular complexity index is 1180. The Kier molecular flexibility index (Phi) is 4.21. The summed E-state index contributed by atoms with van der Waals surface area (Å²) in [5.41, 5.74) is 7.36. The van der Waals surface area contributed by atoms with Gasteiger partial charge in [0.25, 0.3) is 0 Å². The van der Waals surface area contributed by atoms with Crippen molar-refractivity contribution in [3.8, 4) is 5.69 Å². The second-order valence-corrected chi connectivity index (χ2v) is 9.40. The molecule has 0 bridgehead atoms. The molecule has 1 N–H and O–H groups in total. The predicted molar refractivity (Wildman–Crippen MR) is 120 cm³/mol. The third kappa shape index (κ3) is 2.98. The summed E-state index contributed by atoms with van der Waals surface area (Å²) in [6.07, 6.45) is 1.44. The maximum Gasteiger partial charge on any atom is 0.162 e. The van der Waals surface area contributed by atoms with Gasteiger partial charge in [0.1, 0.15) is 5.82 Å². The van der Waals surface area contributed by atoms with E-state index in [9.17, 15) is 4.79 Å². The summed E-state index contributed by atoms with van der Waals surface area (Å²) in [6, 6.07) is 18.7. The third-order valence-electron chi connectivity index (χ3n) is 6.25. The number of ketones is 1. The topological polar surface area (TPSA) is 46.9 Å². The first kappa shape index (κ1) is 18.9. The number of nitrogens with one attached hydrogen (secondary N) is 1. The van der Waals surface area contributed by atoms with Gasteiger partial charge in [0.05, 0.1) is 11.4 Å². The molecule has 5 rings (SSSR count). The van der Waals surface area contributed by atoms with Crippen LogP contribution in [0.15, 0.2) is 65.9 Å². The number of benzene rings is 2. The minimum absolute atomic E-state index is 0.0514. The first-order valence-electron chi connectivity index (χ1n) is 10.6. The number of allylic oxidation sites excluding steroid dienone is 2. The van der Waals surface area contributed by atoms with Gasteiger partial charge in [0.15, 0.2) is 5.78 Å². The van der Waals surface area contributed by atoms with Gasteiger partial charge in [0, 0.05) is 29.2 Å². The fraction of sp³-hybridized carbons (Fsp3) is 0.308. The van der Waals surface area contributed by atoms with Crippen molar-refractivity contribution < 1.29 is 4.79 Å². The Morgan fingerprint density at radius 2 is 1.80 bits per heavy atom. The minimum atomic E-state index is -0.0859. The number of Topliss-reactive ketones (excluding diaryl/α,β-unsaturated/α-hetero) is 1. The number of rotatable bonds is 2. The number of carbonyl (C=O) groups excluding carboxylic acids is 1. The Morgan fingerprint density at radius 3 is 2.53 bits per heavy atom. The van der Waals surface area contributed by atoms with E-state index in [4.69, 9.17) is 5.10 Å². The fourth-order valence-corrected chi connectivity index (χ4v) is 5.01. The Hall–Kier alpha value is -3.14. The third-order valence-corrected chi connectivity index (χ3v) is 6.25. The van der Waals surface area contributed by atoms with Gasteiger partial charge in [-0.05, 0) is 43.4 Å². The number of hydrogen-bond donors (Lipinski definition) is 1. The molecule has 0 amide bonds. The van der Waals surface area contributed by atoms with E-state index in [0.29, 0.717) is 6.42 Å². The van der Waals surface area contributed by atoms with E-state index >= 15 is 0 Å². The van der Waals surface area contributed by atoms with Crippen LogP contribution in [0.25, 0.3) is 5.69 Å². The normalized spacial score (nSPS) is 19.9. The van der Waals surface area contributed by atoms with Crippen LogP contribution in [-0.4, -0.2) is 15.6 Å². The van der Waals surface area contributed by atoms with Crippen LogP contribution in [0.1, 0.15) is 55.0 Å². The molecular weight excluding hydrogens is 370 g/mol. The van der Waals surface area contributed by atoms with Gasteiger partial charge in [-0.25, -0.2) is 4.68 Å². The first-order valence-corrected chi connectivity index (χ1v) is 10.6. The quantitative estimate of drug-likeness (QED) is 0.604. The summed E-state index contributed by atoms with van der Waals surface area (Å²) in [4.78, 5) is 13.4. The number of anilines is 1. The van der Waals surface area contributed by atoms with Gasteiger partial charge in [0.2, 0.25) is 0 Å². The molecule has 0 spiro atoms. The van der Waals surface area contributed by atoms with Crippen molar-refractivity contribution in [1.82, 2.24) is 9.78 Å². The molecule has 4 heteroatoms. The van der Waals surface area contributed by atoms with Crippen LogP contribution in [0, 0.1) is 19.3 Å². The summed E-state index contributed by atoms with van der Waals surface area (Å²) in [5, 5.41) is 8.54. The van der Waals surface area contributed by atoms with Gasteiger partial charge in [-0.3, -0.25) is 4.79 Å². The van der Waals surface area contributed by atoms with Gasteiger partial charge < -0.3 is 5.32 Å². The number of hydrogen-bond acceptors (Lipinski definition) is 3. The van der Waals surface area contributed by atoms with Crippen molar-refractivity contribution in [1.29, 1.82) is 0 Å². The zero-order valence-electron chi connectivity index (χ0n) is 18.0. The Morgan fingerprint density at radius 1 is 1.03 bits per heavy atom. The van der Waals surface area contributed by atoms with Crippen molar-refractivity contribution in [2.45, 2.75) is 46.5 Å². The van der Waals surface area contributed by atoms with Crippen molar-refractivity contribution in [2.75, 3.05) is 5.32 Å². The monoisotopic (exact) mass is 397 g/mol. The molecule has 0 radical (unpaired) electrons. The van der Waals surface area contributed by atoms with E-state index < -0.39 is 0 Å². The Balaban J connectivity index is 1.77. The van der Waals surface area contributed by atoms with E-state index in [2.05, 4.69) is 62.5 Å². The smallest absolute Gasteiger partial charge is 0.162 e. The lowest BCUT2D eigenvalue weighted by atomic mass is 9.69. The van der Waals surface area contributed by atoms with Gasteiger partial charge >= 0.3 is 0 Å². The van der Waals surface area contributed by atoms with Crippen LogP contribution in [0.4, 0.5) is 5.82 Å². The highest BCUT2D eigenvalue weighted by Gasteiger charge is 2.42. The lowest BCUT2D eigenvalue weighted by Gasteiger charge is -2.38. The van der Waals surface area contributed by atoms with Crippen molar-refractivity contribution >= 4 is 11.6 Å². The molecule has 0 fully saturated rings. The molecule has 1 atom stereocenters. The molecule has 30 heavy (non-hydrogen) atoms. The van der Waals surface area contributed by atoms with E-state index in [1.807, 2.05) is 29.8 Å². The molecule has 0 saturated carbocycles. The van der Waals surface area contributed by atoms with Gasteiger partial charge in [-0.15, -0.1) is 0 Å². The second-order valence-electron chi connectivity index (χ2n) is 9.40. The SMILES string of the molecule is Cc1cccc(C2C3=C(CC(C)(C)CC3=O)Nc3c2c(C)nn3-c2ccccc2)c1.